The summed E-state index contributed by atoms with van der Waals surface area (Å²) in [6.07, 6.45) is 1.09. The van der Waals surface area contributed by atoms with Gasteiger partial charge < -0.3 is 15.4 Å². The molecule has 0 spiro atoms. The Bertz CT molecular complexity index is 198. The highest BCUT2D eigenvalue weighted by Gasteiger charge is 2.29. The lowest BCUT2D eigenvalue weighted by atomic mass is 10.0. The summed E-state index contributed by atoms with van der Waals surface area (Å²) in [4.78, 5) is 11.4. The summed E-state index contributed by atoms with van der Waals surface area (Å²) in [5.41, 5.74) is -0.0859. The highest BCUT2D eigenvalue weighted by atomic mass is 16.5. The smallest absolute Gasteiger partial charge is 0.246 e. The van der Waals surface area contributed by atoms with E-state index in [0.29, 0.717) is 0 Å². The fourth-order valence-electron chi connectivity index (χ4n) is 1.54. The normalized spacial score (nSPS) is 26.9. The van der Waals surface area contributed by atoms with Crippen molar-refractivity contribution < 1.29 is 9.53 Å². The predicted octanol–water partition coefficient (Wildman–Crippen LogP) is 0.280. The van der Waals surface area contributed by atoms with Crippen molar-refractivity contribution in [3.05, 3.63) is 0 Å². The molecule has 1 amide bonds. The average Bonchev–Trinajstić information content (AvgIpc) is 2.48. The predicted molar refractivity (Wildman–Crippen MR) is 55.1 cm³/mol. The molecule has 1 aliphatic heterocycles. The zero-order chi connectivity index (χ0) is 10.6. The molecule has 1 fully saturated rings. The highest BCUT2D eigenvalue weighted by Crippen LogP contribution is 2.12. The number of rotatable bonds is 4. The van der Waals surface area contributed by atoms with Gasteiger partial charge >= 0.3 is 0 Å². The molecule has 1 unspecified atom stereocenters. The number of nitrogens with one attached hydrogen (secondary N) is 2. The van der Waals surface area contributed by atoms with Gasteiger partial charge in [0.1, 0.15) is 6.61 Å². The molecule has 0 aromatic heterocycles. The lowest BCUT2D eigenvalue weighted by molar-refractivity contribution is -0.128. The van der Waals surface area contributed by atoms with Crippen LogP contribution in [0.1, 0.15) is 27.2 Å². The SMILES string of the molecule is CC(C)OCC(=O)NC1(C)CCNC1. The second-order valence-corrected chi connectivity index (χ2v) is 4.40. The van der Waals surface area contributed by atoms with E-state index in [4.69, 9.17) is 4.74 Å². The number of hydrogen-bond donors (Lipinski definition) is 2. The van der Waals surface area contributed by atoms with E-state index in [1.807, 2.05) is 13.8 Å². The minimum atomic E-state index is -0.0859. The van der Waals surface area contributed by atoms with Crippen LogP contribution in [0.2, 0.25) is 0 Å². The van der Waals surface area contributed by atoms with Crippen molar-refractivity contribution in [3.8, 4) is 0 Å². The number of ether oxygens (including phenoxy) is 1. The van der Waals surface area contributed by atoms with E-state index in [2.05, 4.69) is 17.6 Å². The minimum Gasteiger partial charge on any atom is -0.369 e. The molecule has 1 atom stereocenters. The molecule has 1 heterocycles. The first-order valence-electron chi connectivity index (χ1n) is 5.15. The second-order valence-electron chi connectivity index (χ2n) is 4.40. The molecule has 4 heteroatoms. The van der Waals surface area contributed by atoms with Crippen LogP contribution in [0.15, 0.2) is 0 Å². The van der Waals surface area contributed by atoms with Crippen LogP contribution in [0.25, 0.3) is 0 Å². The van der Waals surface area contributed by atoms with Crippen molar-refractivity contribution in [2.24, 2.45) is 0 Å². The van der Waals surface area contributed by atoms with Gasteiger partial charge in [-0.25, -0.2) is 0 Å². The van der Waals surface area contributed by atoms with Crippen LogP contribution in [-0.4, -0.2) is 37.2 Å². The van der Waals surface area contributed by atoms with E-state index in [-0.39, 0.29) is 24.2 Å². The maximum absolute atomic E-state index is 11.4. The van der Waals surface area contributed by atoms with E-state index < -0.39 is 0 Å². The first-order valence-corrected chi connectivity index (χ1v) is 5.15. The van der Waals surface area contributed by atoms with Crippen LogP contribution in [0, 0.1) is 0 Å². The Balaban J connectivity index is 2.25. The third-order valence-corrected chi connectivity index (χ3v) is 2.36. The van der Waals surface area contributed by atoms with Gasteiger partial charge in [-0.2, -0.15) is 0 Å². The van der Waals surface area contributed by atoms with E-state index in [9.17, 15) is 4.79 Å². The van der Waals surface area contributed by atoms with E-state index in [1.54, 1.807) is 0 Å². The van der Waals surface area contributed by atoms with Gasteiger partial charge in [-0.3, -0.25) is 4.79 Å². The maximum atomic E-state index is 11.4. The Kier molecular flexibility index (Phi) is 3.89. The summed E-state index contributed by atoms with van der Waals surface area (Å²) in [6, 6.07) is 0. The molecule has 1 saturated heterocycles. The van der Waals surface area contributed by atoms with Crippen LogP contribution >= 0.6 is 0 Å². The Labute approximate surface area is 85.4 Å². The summed E-state index contributed by atoms with van der Waals surface area (Å²) in [6.45, 7) is 7.88. The van der Waals surface area contributed by atoms with Crippen LogP contribution in [0.4, 0.5) is 0 Å². The molecule has 14 heavy (non-hydrogen) atoms. The molecule has 0 aromatic carbocycles. The van der Waals surface area contributed by atoms with E-state index in [1.165, 1.54) is 0 Å². The second kappa shape index (κ2) is 4.75. The molecule has 0 bridgehead atoms. The van der Waals surface area contributed by atoms with Crippen molar-refractivity contribution in [3.63, 3.8) is 0 Å². The lowest BCUT2D eigenvalue weighted by Crippen LogP contribution is -2.48. The monoisotopic (exact) mass is 200 g/mol. The van der Waals surface area contributed by atoms with Crippen LogP contribution < -0.4 is 10.6 Å². The van der Waals surface area contributed by atoms with Gasteiger partial charge in [-0.1, -0.05) is 0 Å². The van der Waals surface area contributed by atoms with Crippen molar-refractivity contribution in [2.45, 2.75) is 38.8 Å². The molecule has 1 rings (SSSR count). The molecule has 0 aliphatic carbocycles. The molecule has 0 saturated carbocycles. The van der Waals surface area contributed by atoms with Gasteiger partial charge in [-0.05, 0) is 33.7 Å². The third-order valence-electron chi connectivity index (χ3n) is 2.36. The molecule has 0 aromatic rings. The summed E-state index contributed by atoms with van der Waals surface area (Å²) in [5.74, 6) is -0.0232. The number of carbonyl (C=O) groups excluding carboxylic acids is 1. The van der Waals surface area contributed by atoms with Crippen LogP contribution in [0.5, 0.6) is 0 Å². The van der Waals surface area contributed by atoms with Crippen LogP contribution in [-0.2, 0) is 9.53 Å². The minimum absolute atomic E-state index is 0.0232. The Hall–Kier alpha value is -0.610. The van der Waals surface area contributed by atoms with E-state index in [0.717, 1.165) is 19.5 Å². The van der Waals surface area contributed by atoms with Crippen molar-refractivity contribution in [1.82, 2.24) is 10.6 Å². The van der Waals surface area contributed by atoms with Crippen LogP contribution in [0.3, 0.4) is 0 Å². The van der Waals surface area contributed by atoms with Crippen molar-refractivity contribution in [2.75, 3.05) is 19.7 Å². The van der Waals surface area contributed by atoms with Gasteiger partial charge in [-0.15, -0.1) is 0 Å². The number of amides is 1. The standard InChI is InChI=1S/C10H20N2O2/c1-8(2)14-6-9(13)12-10(3)4-5-11-7-10/h8,11H,4-7H2,1-3H3,(H,12,13). The van der Waals surface area contributed by atoms with Gasteiger partial charge in [0, 0.05) is 6.54 Å². The highest BCUT2D eigenvalue weighted by molar-refractivity contribution is 5.78. The summed E-state index contributed by atoms with van der Waals surface area (Å²) in [7, 11) is 0. The third kappa shape index (κ3) is 3.64. The largest absolute Gasteiger partial charge is 0.369 e. The summed E-state index contributed by atoms with van der Waals surface area (Å²) >= 11 is 0. The number of hydrogen-bond acceptors (Lipinski definition) is 3. The van der Waals surface area contributed by atoms with E-state index >= 15 is 0 Å². The first kappa shape index (κ1) is 11.5. The molecule has 2 N–H and O–H groups in total. The zero-order valence-corrected chi connectivity index (χ0v) is 9.22. The lowest BCUT2D eigenvalue weighted by Gasteiger charge is -2.24. The van der Waals surface area contributed by atoms with Gasteiger partial charge in [0.2, 0.25) is 5.91 Å². The van der Waals surface area contributed by atoms with Gasteiger partial charge in [0.05, 0.1) is 11.6 Å². The van der Waals surface area contributed by atoms with Crippen molar-refractivity contribution in [1.29, 1.82) is 0 Å². The quantitative estimate of drug-likeness (QED) is 0.685. The molecular formula is C10H20N2O2. The Morgan fingerprint density at radius 3 is 2.86 bits per heavy atom. The average molecular weight is 200 g/mol. The summed E-state index contributed by atoms with van der Waals surface area (Å²) in [5, 5.41) is 6.21. The van der Waals surface area contributed by atoms with Gasteiger partial charge in [0.25, 0.3) is 0 Å². The zero-order valence-electron chi connectivity index (χ0n) is 9.22. The molecule has 0 radical (unpaired) electrons. The molecule has 82 valence electrons. The number of carbonyl (C=O) groups is 1. The maximum Gasteiger partial charge on any atom is 0.246 e. The van der Waals surface area contributed by atoms with Crippen molar-refractivity contribution >= 4 is 5.91 Å². The fraction of sp³-hybridized carbons (Fsp3) is 0.900. The Morgan fingerprint density at radius 1 is 1.64 bits per heavy atom. The summed E-state index contributed by atoms with van der Waals surface area (Å²) < 4.78 is 5.23. The fourth-order valence-corrected chi connectivity index (χ4v) is 1.54. The first-order chi connectivity index (χ1) is 6.52. The molecule has 4 nitrogen and oxygen atoms in total. The Morgan fingerprint density at radius 2 is 2.36 bits per heavy atom. The van der Waals surface area contributed by atoms with Gasteiger partial charge in [0.15, 0.2) is 0 Å². The topological polar surface area (TPSA) is 50.4 Å². The molecule has 1 aliphatic rings. The molecular weight excluding hydrogens is 180 g/mol.